The first kappa shape index (κ1) is 12.4. The minimum absolute atomic E-state index is 0.809. The Morgan fingerprint density at radius 3 is 2.74 bits per heavy atom. The van der Waals surface area contributed by atoms with Crippen molar-refractivity contribution in [2.24, 2.45) is 0 Å². The van der Waals surface area contributed by atoms with Crippen molar-refractivity contribution in [3.05, 3.63) is 30.1 Å². The zero-order valence-electron chi connectivity index (χ0n) is 11.6. The Balaban J connectivity index is 1.94. The van der Waals surface area contributed by atoms with Crippen LogP contribution in [0.5, 0.6) is 0 Å². The first-order chi connectivity index (χ1) is 9.28. The van der Waals surface area contributed by atoms with Gasteiger partial charge in [0.05, 0.1) is 5.69 Å². The minimum atomic E-state index is 0.809. The predicted molar refractivity (Wildman–Crippen MR) is 77.7 cm³/mol. The summed E-state index contributed by atoms with van der Waals surface area (Å²) >= 11 is 0. The van der Waals surface area contributed by atoms with Crippen molar-refractivity contribution in [3.8, 4) is 0 Å². The molecule has 0 aromatic carbocycles. The van der Waals surface area contributed by atoms with E-state index in [1.54, 1.807) is 0 Å². The van der Waals surface area contributed by atoms with Gasteiger partial charge in [0.15, 0.2) is 0 Å². The van der Waals surface area contributed by atoms with E-state index >= 15 is 0 Å². The number of rotatable bonds is 3. The zero-order chi connectivity index (χ0) is 13.2. The van der Waals surface area contributed by atoms with E-state index < -0.39 is 0 Å². The van der Waals surface area contributed by atoms with Crippen LogP contribution in [0.2, 0.25) is 0 Å². The number of nitrogens with zero attached hydrogens (tertiary/aromatic N) is 4. The summed E-state index contributed by atoms with van der Waals surface area (Å²) < 4.78 is 2.21. The van der Waals surface area contributed by atoms with Crippen molar-refractivity contribution in [3.63, 3.8) is 0 Å². The molecule has 1 aliphatic rings. The maximum atomic E-state index is 4.64. The van der Waals surface area contributed by atoms with Crippen LogP contribution in [0.15, 0.2) is 24.4 Å². The van der Waals surface area contributed by atoms with Crippen molar-refractivity contribution < 1.29 is 0 Å². The number of anilines is 1. The number of hydrogen-bond acceptors (Lipinski definition) is 4. The molecule has 1 aliphatic heterocycles. The Kier molecular flexibility index (Phi) is 3.40. The van der Waals surface area contributed by atoms with Crippen LogP contribution in [0.1, 0.15) is 5.69 Å². The van der Waals surface area contributed by atoms with E-state index in [9.17, 15) is 0 Å². The fourth-order valence-electron chi connectivity index (χ4n) is 2.61. The molecular weight excluding hydrogens is 238 g/mol. The molecule has 5 heteroatoms. The van der Waals surface area contributed by atoms with Gasteiger partial charge < -0.3 is 15.1 Å². The van der Waals surface area contributed by atoms with Crippen LogP contribution in [-0.4, -0.2) is 54.6 Å². The Morgan fingerprint density at radius 2 is 2.00 bits per heavy atom. The monoisotopic (exact) mass is 259 g/mol. The number of piperazine rings is 1. The smallest absolute Gasteiger partial charge is 0.138 e. The summed E-state index contributed by atoms with van der Waals surface area (Å²) in [5.74, 6) is 1.25. The SMILES string of the molecule is CNCc1cn2c(N3CCN(C)CC3)cccc2n1. The molecule has 0 aliphatic carbocycles. The van der Waals surface area contributed by atoms with E-state index in [2.05, 4.69) is 55.9 Å². The van der Waals surface area contributed by atoms with Crippen LogP contribution in [0.4, 0.5) is 5.82 Å². The Bertz CT molecular complexity index is 554. The lowest BCUT2D eigenvalue weighted by Gasteiger charge is -2.34. The molecule has 0 unspecified atom stereocenters. The third-order valence-corrected chi connectivity index (χ3v) is 3.71. The van der Waals surface area contributed by atoms with Crippen LogP contribution in [0.25, 0.3) is 5.65 Å². The number of fused-ring (bicyclic) bond motifs is 1. The minimum Gasteiger partial charge on any atom is -0.355 e. The Labute approximate surface area is 113 Å². The van der Waals surface area contributed by atoms with E-state index in [4.69, 9.17) is 0 Å². The summed E-state index contributed by atoms with van der Waals surface area (Å²) in [6, 6.07) is 6.35. The highest BCUT2D eigenvalue weighted by Crippen LogP contribution is 2.19. The normalized spacial score (nSPS) is 17.3. The highest BCUT2D eigenvalue weighted by atomic mass is 15.3. The lowest BCUT2D eigenvalue weighted by Crippen LogP contribution is -2.45. The number of imidazole rings is 1. The summed E-state index contributed by atoms with van der Waals surface area (Å²) in [6.07, 6.45) is 2.14. The molecule has 3 heterocycles. The molecule has 0 radical (unpaired) electrons. The van der Waals surface area contributed by atoms with Gasteiger partial charge in [0.25, 0.3) is 0 Å². The zero-order valence-corrected chi connectivity index (χ0v) is 11.6. The van der Waals surface area contributed by atoms with Crippen LogP contribution >= 0.6 is 0 Å². The van der Waals surface area contributed by atoms with E-state index in [1.807, 2.05) is 7.05 Å². The highest BCUT2D eigenvalue weighted by molar-refractivity contribution is 5.52. The van der Waals surface area contributed by atoms with Crippen LogP contribution in [0, 0.1) is 0 Å². The fourth-order valence-corrected chi connectivity index (χ4v) is 2.61. The van der Waals surface area contributed by atoms with E-state index in [-0.39, 0.29) is 0 Å². The Hall–Kier alpha value is -1.59. The molecule has 1 N–H and O–H groups in total. The van der Waals surface area contributed by atoms with Crippen molar-refractivity contribution in [2.75, 3.05) is 45.2 Å². The molecule has 0 saturated carbocycles. The average Bonchev–Trinajstić information content (AvgIpc) is 2.82. The summed E-state index contributed by atoms with van der Waals surface area (Å²) in [7, 11) is 4.13. The summed E-state index contributed by atoms with van der Waals surface area (Å²) in [4.78, 5) is 9.45. The number of nitrogens with one attached hydrogen (secondary N) is 1. The van der Waals surface area contributed by atoms with E-state index in [0.29, 0.717) is 0 Å². The topological polar surface area (TPSA) is 35.8 Å². The van der Waals surface area contributed by atoms with Gasteiger partial charge in [-0.15, -0.1) is 0 Å². The highest BCUT2D eigenvalue weighted by Gasteiger charge is 2.16. The standard InChI is InChI=1S/C14H21N5/c1-15-10-12-11-19-13(16-12)4-3-5-14(19)18-8-6-17(2)7-9-18/h3-5,11,15H,6-10H2,1-2H3. The molecule has 2 aromatic heterocycles. The number of hydrogen-bond donors (Lipinski definition) is 1. The largest absolute Gasteiger partial charge is 0.355 e. The van der Waals surface area contributed by atoms with Crippen molar-refractivity contribution in [1.29, 1.82) is 0 Å². The lowest BCUT2D eigenvalue weighted by molar-refractivity contribution is 0.312. The third kappa shape index (κ3) is 2.43. The molecule has 0 spiro atoms. The predicted octanol–water partition coefficient (Wildman–Crippen LogP) is 0.805. The molecule has 19 heavy (non-hydrogen) atoms. The molecule has 3 rings (SSSR count). The fraction of sp³-hybridized carbons (Fsp3) is 0.500. The van der Waals surface area contributed by atoms with Gasteiger partial charge in [-0.3, -0.25) is 4.40 Å². The summed E-state index contributed by atoms with van der Waals surface area (Å²) in [5.41, 5.74) is 2.12. The molecule has 5 nitrogen and oxygen atoms in total. The summed E-state index contributed by atoms with van der Waals surface area (Å²) in [5, 5.41) is 3.15. The molecule has 1 saturated heterocycles. The van der Waals surface area contributed by atoms with Gasteiger partial charge in [-0.1, -0.05) is 6.07 Å². The first-order valence-corrected chi connectivity index (χ1v) is 6.83. The second-order valence-electron chi connectivity index (χ2n) is 5.17. The van der Waals surface area contributed by atoms with E-state index in [0.717, 1.165) is 44.1 Å². The van der Waals surface area contributed by atoms with Crippen molar-refractivity contribution in [1.82, 2.24) is 19.6 Å². The van der Waals surface area contributed by atoms with Crippen LogP contribution < -0.4 is 10.2 Å². The average molecular weight is 259 g/mol. The van der Waals surface area contributed by atoms with Gasteiger partial charge in [-0.05, 0) is 26.2 Å². The quantitative estimate of drug-likeness (QED) is 0.885. The first-order valence-electron chi connectivity index (χ1n) is 6.83. The molecular formula is C14H21N5. The van der Waals surface area contributed by atoms with Gasteiger partial charge in [-0.2, -0.15) is 0 Å². The number of aromatic nitrogens is 2. The van der Waals surface area contributed by atoms with Crippen molar-refractivity contribution >= 4 is 11.5 Å². The van der Waals surface area contributed by atoms with Gasteiger partial charge in [0.1, 0.15) is 11.5 Å². The molecule has 0 atom stereocenters. The number of likely N-dealkylation sites (N-methyl/N-ethyl adjacent to an activating group) is 1. The van der Waals surface area contributed by atoms with Crippen molar-refractivity contribution in [2.45, 2.75) is 6.54 Å². The molecule has 102 valence electrons. The van der Waals surface area contributed by atoms with Crippen LogP contribution in [-0.2, 0) is 6.54 Å². The lowest BCUT2D eigenvalue weighted by atomic mass is 10.3. The van der Waals surface area contributed by atoms with Gasteiger partial charge >= 0.3 is 0 Å². The maximum absolute atomic E-state index is 4.64. The maximum Gasteiger partial charge on any atom is 0.138 e. The second kappa shape index (κ2) is 5.19. The third-order valence-electron chi connectivity index (χ3n) is 3.71. The summed E-state index contributed by atoms with van der Waals surface area (Å²) in [6.45, 7) is 5.21. The molecule has 0 amide bonds. The molecule has 2 aromatic rings. The number of pyridine rings is 1. The molecule has 1 fully saturated rings. The molecule has 0 bridgehead atoms. The van der Waals surface area contributed by atoms with Crippen LogP contribution in [0.3, 0.4) is 0 Å². The van der Waals surface area contributed by atoms with E-state index in [1.165, 1.54) is 5.82 Å². The van der Waals surface area contributed by atoms with Gasteiger partial charge in [-0.25, -0.2) is 4.98 Å². The second-order valence-corrected chi connectivity index (χ2v) is 5.17. The van der Waals surface area contributed by atoms with Gasteiger partial charge in [0.2, 0.25) is 0 Å². The Morgan fingerprint density at radius 1 is 1.21 bits per heavy atom. The van der Waals surface area contributed by atoms with Gasteiger partial charge in [0, 0.05) is 38.9 Å².